The van der Waals surface area contributed by atoms with Crippen LogP contribution in [0.3, 0.4) is 0 Å². The smallest absolute Gasteiger partial charge is 0.248 e. The molecule has 1 aliphatic carbocycles. The summed E-state index contributed by atoms with van der Waals surface area (Å²) >= 11 is 0. The highest BCUT2D eigenvalue weighted by molar-refractivity contribution is 6.01. The summed E-state index contributed by atoms with van der Waals surface area (Å²) in [5.74, 6) is 3.45. The molecule has 1 N–H and O–H groups in total. The maximum absolute atomic E-state index is 12.0. The molecule has 5 heteroatoms. The van der Waals surface area contributed by atoms with Crippen molar-refractivity contribution in [2.24, 2.45) is 5.92 Å². The van der Waals surface area contributed by atoms with E-state index in [1.807, 2.05) is 32.9 Å². The SMILES string of the molecule is CC1CC1c1ccc(/C=C/C(=O)Nc2cnc(C(C)(C)C)nc2)o1. The largest absolute Gasteiger partial charge is 0.461 e. The van der Waals surface area contributed by atoms with Crippen LogP contribution in [0, 0.1) is 5.92 Å². The van der Waals surface area contributed by atoms with E-state index in [1.54, 1.807) is 18.5 Å². The number of rotatable bonds is 4. The quantitative estimate of drug-likeness (QED) is 0.858. The number of hydrogen-bond donors (Lipinski definition) is 1. The Morgan fingerprint density at radius 2 is 1.96 bits per heavy atom. The van der Waals surface area contributed by atoms with Crippen LogP contribution in [0.5, 0.6) is 0 Å². The molecule has 0 radical (unpaired) electrons. The third kappa shape index (κ3) is 3.91. The second kappa shape index (κ2) is 6.23. The number of hydrogen-bond acceptors (Lipinski definition) is 4. The third-order valence-electron chi connectivity index (χ3n) is 4.11. The molecule has 2 aromatic rings. The molecule has 24 heavy (non-hydrogen) atoms. The zero-order valence-corrected chi connectivity index (χ0v) is 14.5. The van der Waals surface area contributed by atoms with Crippen LogP contribution >= 0.6 is 0 Å². The van der Waals surface area contributed by atoms with E-state index in [4.69, 9.17) is 4.42 Å². The fourth-order valence-corrected chi connectivity index (χ4v) is 2.50. The van der Waals surface area contributed by atoms with Crippen LogP contribution in [0.25, 0.3) is 6.08 Å². The van der Waals surface area contributed by atoms with E-state index in [2.05, 4.69) is 22.2 Å². The maximum Gasteiger partial charge on any atom is 0.248 e. The Morgan fingerprint density at radius 1 is 1.29 bits per heavy atom. The molecule has 126 valence electrons. The summed E-state index contributed by atoms with van der Waals surface area (Å²) in [4.78, 5) is 20.6. The normalized spacial score (nSPS) is 20.3. The van der Waals surface area contributed by atoms with Crippen LogP contribution in [0.15, 0.2) is 35.0 Å². The molecule has 0 bridgehead atoms. The van der Waals surface area contributed by atoms with Crippen molar-refractivity contribution < 1.29 is 9.21 Å². The molecule has 2 aromatic heterocycles. The van der Waals surface area contributed by atoms with Crippen molar-refractivity contribution in [3.8, 4) is 0 Å². The minimum absolute atomic E-state index is 0.113. The predicted octanol–water partition coefficient (Wildman–Crippen LogP) is 4.14. The van der Waals surface area contributed by atoms with Gasteiger partial charge in [-0.05, 0) is 30.5 Å². The fourth-order valence-electron chi connectivity index (χ4n) is 2.50. The molecular formula is C19H23N3O2. The molecule has 0 aromatic carbocycles. The third-order valence-corrected chi connectivity index (χ3v) is 4.11. The first-order valence-electron chi connectivity index (χ1n) is 8.24. The van der Waals surface area contributed by atoms with E-state index < -0.39 is 0 Å². The standard InChI is InChI=1S/C19H23N3O2/c1-12-9-15(12)16-7-5-14(24-16)6-8-17(23)22-13-10-20-18(21-11-13)19(2,3)4/h5-8,10-12,15H,9H2,1-4H3,(H,22,23)/b8-6+. The lowest BCUT2D eigenvalue weighted by Crippen LogP contribution is -2.16. The van der Waals surface area contributed by atoms with Gasteiger partial charge in [-0.1, -0.05) is 27.7 Å². The number of carbonyl (C=O) groups is 1. The van der Waals surface area contributed by atoms with Crippen molar-refractivity contribution >= 4 is 17.7 Å². The lowest BCUT2D eigenvalue weighted by molar-refractivity contribution is -0.111. The molecular weight excluding hydrogens is 302 g/mol. The minimum atomic E-state index is -0.236. The summed E-state index contributed by atoms with van der Waals surface area (Å²) in [6.45, 7) is 8.35. The summed E-state index contributed by atoms with van der Waals surface area (Å²) in [5, 5.41) is 2.75. The topological polar surface area (TPSA) is 68.0 Å². The van der Waals surface area contributed by atoms with E-state index in [-0.39, 0.29) is 11.3 Å². The van der Waals surface area contributed by atoms with Crippen LogP contribution in [0.1, 0.15) is 57.4 Å². The summed E-state index contributed by atoms with van der Waals surface area (Å²) in [7, 11) is 0. The summed E-state index contributed by atoms with van der Waals surface area (Å²) in [6, 6.07) is 3.89. The number of aromatic nitrogens is 2. The van der Waals surface area contributed by atoms with Gasteiger partial charge in [-0.3, -0.25) is 4.79 Å². The highest BCUT2D eigenvalue weighted by Gasteiger charge is 2.36. The first-order chi connectivity index (χ1) is 11.3. The molecule has 0 aliphatic heterocycles. The number of nitrogens with zero attached hydrogens (tertiary/aromatic N) is 2. The molecule has 0 spiro atoms. The predicted molar refractivity (Wildman–Crippen MR) is 93.6 cm³/mol. The number of amides is 1. The Kier molecular flexibility index (Phi) is 4.26. The highest BCUT2D eigenvalue weighted by atomic mass is 16.3. The fraction of sp³-hybridized carbons (Fsp3) is 0.421. The Bertz CT molecular complexity index is 754. The van der Waals surface area contributed by atoms with E-state index in [9.17, 15) is 4.79 Å². The van der Waals surface area contributed by atoms with E-state index in [1.165, 1.54) is 12.5 Å². The van der Waals surface area contributed by atoms with Crippen LogP contribution in [0.4, 0.5) is 5.69 Å². The van der Waals surface area contributed by atoms with Gasteiger partial charge >= 0.3 is 0 Å². The monoisotopic (exact) mass is 325 g/mol. The number of anilines is 1. The molecule has 1 saturated carbocycles. The van der Waals surface area contributed by atoms with Crippen molar-refractivity contribution in [3.63, 3.8) is 0 Å². The summed E-state index contributed by atoms with van der Waals surface area (Å²) in [5.41, 5.74) is 0.461. The van der Waals surface area contributed by atoms with Crippen LogP contribution in [-0.4, -0.2) is 15.9 Å². The second-order valence-electron chi connectivity index (χ2n) is 7.43. The van der Waals surface area contributed by atoms with Gasteiger partial charge in [0.15, 0.2) is 0 Å². The van der Waals surface area contributed by atoms with Gasteiger partial charge in [0.1, 0.15) is 17.3 Å². The maximum atomic E-state index is 12.0. The van der Waals surface area contributed by atoms with Crippen molar-refractivity contribution in [2.75, 3.05) is 5.32 Å². The molecule has 5 nitrogen and oxygen atoms in total. The van der Waals surface area contributed by atoms with Crippen molar-refractivity contribution in [1.82, 2.24) is 9.97 Å². The molecule has 3 rings (SSSR count). The second-order valence-corrected chi connectivity index (χ2v) is 7.43. The Morgan fingerprint density at radius 3 is 2.54 bits per heavy atom. The first-order valence-corrected chi connectivity index (χ1v) is 8.24. The lowest BCUT2D eigenvalue weighted by atomic mass is 9.96. The van der Waals surface area contributed by atoms with Crippen molar-refractivity contribution in [1.29, 1.82) is 0 Å². The first kappa shape index (κ1) is 16.4. The molecule has 1 aliphatic rings. The molecule has 1 fully saturated rings. The molecule has 0 saturated heterocycles. The molecule has 2 unspecified atom stereocenters. The van der Waals surface area contributed by atoms with Gasteiger partial charge in [-0.2, -0.15) is 0 Å². The summed E-state index contributed by atoms with van der Waals surface area (Å²) in [6.07, 6.45) is 7.56. The lowest BCUT2D eigenvalue weighted by Gasteiger charge is -2.15. The van der Waals surface area contributed by atoms with Gasteiger partial charge in [-0.25, -0.2) is 9.97 Å². The average molecular weight is 325 g/mol. The zero-order valence-electron chi connectivity index (χ0n) is 14.5. The van der Waals surface area contributed by atoms with Gasteiger partial charge in [0.05, 0.1) is 18.1 Å². The van der Waals surface area contributed by atoms with Gasteiger partial charge in [0.2, 0.25) is 5.91 Å². The Hall–Kier alpha value is -2.43. The average Bonchev–Trinajstić information content (AvgIpc) is 3.07. The minimum Gasteiger partial charge on any atom is -0.461 e. The summed E-state index contributed by atoms with van der Waals surface area (Å²) < 4.78 is 5.74. The Labute approximate surface area is 142 Å². The van der Waals surface area contributed by atoms with Crippen molar-refractivity contribution in [2.45, 2.75) is 45.4 Å². The number of nitrogens with one attached hydrogen (secondary N) is 1. The molecule has 2 heterocycles. The molecule has 2 atom stereocenters. The van der Waals surface area contributed by atoms with E-state index in [0.717, 1.165) is 11.6 Å². The number of carbonyl (C=O) groups excluding carboxylic acids is 1. The van der Waals surface area contributed by atoms with Crippen LogP contribution in [0.2, 0.25) is 0 Å². The van der Waals surface area contributed by atoms with Gasteiger partial charge in [0.25, 0.3) is 0 Å². The number of furan rings is 1. The van der Waals surface area contributed by atoms with E-state index >= 15 is 0 Å². The van der Waals surface area contributed by atoms with Crippen molar-refractivity contribution in [3.05, 3.63) is 47.9 Å². The van der Waals surface area contributed by atoms with Gasteiger partial charge in [-0.15, -0.1) is 0 Å². The van der Waals surface area contributed by atoms with Crippen LogP contribution < -0.4 is 5.32 Å². The highest BCUT2D eigenvalue weighted by Crippen LogP contribution is 2.47. The van der Waals surface area contributed by atoms with Gasteiger partial charge in [0, 0.05) is 17.4 Å². The Balaban J connectivity index is 1.58. The molecule has 1 amide bonds. The van der Waals surface area contributed by atoms with E-state index in [0.29, 0.717) is 23.3 Å². The zero-order chi connectivity index (χ0) is 17.3. The van der Waals surface area contributed by atoms with Gasteiger partial charge < -0.3 is 9.73 Å². The van der Waals surface area contributed by atoms with Crippen LogP contribution in [-0.2, 0) is 10.2 Å².